The van der Waals surface area contributed by atoms with Gasteiger partial charge in [0.05, 0.1) is 62.0 Å². The van der Waals surface area contributed by atoms with Gasteiger partial charge in [-0.2, -0.15) is 0 Å². The van der Waals surface area contributed by atoms with E-state index in [1.54, 1.807) is 37.4 Å². The molecule has 2 amide bonds. The minimum absolute atomic E-state index is 0.0191. The Hall–Kier alpha value is -4.80. The number of ether oxygens (including phenoxy) is 4. The average Bonchev–Trinajstić information content (AvgIpc) is 3.79. The second-order valence-electron chi connectivity index (χ2n) is 12.9. The summed E-state index contributed by atoms with van der Waals surface area (Å²) >= 11 is 0. The van der Waals surface area contributed by atoms with Gasteiger partial charge in [0, 0.05) is 37.6 Å². The normalized spacial score (nSPS) is 20.5. The van der Waals surface area contributed by atoms with Crippen LogP contribution in [0.2, 0.25) is 0 Å². The summed E-state index contributed by atoms with van der Waals surface area (Å²) in [5.41, 5.74) is 2.72. The molecule has 1 saturated carbocycles. The highest BCUT2D eigenvalue weighted by Crippen LogP contribution is 2.55. The molecule has 2 aromatic carbocycles. The van der Waals surface area contributed by atoms with E-state index in [-0.39, 0.29) is 23.9 Å². The molecule has 1 aliphatic carbocycles. The Bertz CT molecular complexity index is 1690. The molecule has 2 atom stereocenters. The van der Waals surface area contributed by atoms with Crippen molar-refractivity contribution in [1.82, 2.24) is 9.88 Å². The molecule has 246 valence electrons. The van der Waals surface area contributed by atoms with Gasteiger partial charge in [-0.25, -0.2) is 4.98 Å². The number of anilines is 2. The standard InChI is InChI=1S/C36H41N5O6/c1-23-20-38-28-18-32(30(45-3)16-26(28)35(43)41(23)33-9-5-6-12-37-33)47-14-8-4-7-13-46-31-17-27-25(15-29(31)44-2)34(42)40-22-36(10-11-36)19-24(40)21-39-27/h5-6,9,12,15-18,21,23-24,38H,4,7-8,10-11,13-14,19-20,22H2,1-3H3/t23-,24-/m0/s1. The van der Waals surface area contributed by atoms with Crippen molar-refractivity contribution in [3.8, 4) is 23.0 Å². The molecule has 1 aromatic heterocycles. The number of carbonyl (C=O) groups excluding carboxylic acids is 2. The Morgan fingerprint density at radius 3 is 2.30 bits per heavy atom. The molecule has 1 N–H and O–H groups in total. The van der Waals surface area contributed by atoms with Crippen LogP contribution in [-0.4, -0.2) is 80.5 Å². The molecule has 11 heteroatoms. The number of nitrogens with zero attached hydrogens (tertiary/aromatic N) is 4. The van der Waals surface area contributed by atoms with Gasteiger partial charge in [-0.1, -0.05) is 6.07 Å². The highest BCUT2D eigenvalue weighted by Gasteiger charge is 2.53. The van der Waals surface area contributed by atoms with Crippen LogP contribution >= 0.6 is 0 Å². The molecule has 1 spiro atoms. The highest BCUT2D eigenvalue weighted by atomic mass is 16.5. The number of aromatic nitrogens is 1. The molecule has 7 rings (SSSR count). The molecule has 0 bridgehead atoms. The molecule has 4 aliphatic rings. The summed E-state index contributed by atoms with van der Waals surface area (Å²) in [4.78, 5) is 39.8. The van der Waals surface area contributed by atoms with Crippen LogP contribution in [0.1, 0.15) is 66.2 Å². The molecule has 2 fully saturated rings. The first-order chi connectivity index (χ1) is 22.9. The molecule has 0 radical (unpaired) electrons. The lowest BCUT2D eigenvalue weighted by Crippen LogP contribution is -2.40. The fourth-order valence-corrected chi connectivity index (χ4v) is 6.82. The second-order valence-corrected chi connectivity index (χ2v) is 12.9. The van der Waals surface area contributed by atoms with Gasteiger partial charge in [-0.15, -0.1) is 0 Å². The summed E-state index contributed by atoms with van der Waals surface area (Å²) < 4.78 is 23.5. The molecule has 3 aliphatic heterocycles. The average molecular weight is 640 g/mol. The summed E-state index contributed by atoms with van der Waals surface area (Å²) in [5, 5.41) is 3.40. The fraction of sp³-hybridized carbons (Fsp3) is 0.444. The van der Waals surface area contributed by atoms with Crippen LogP contribution in [0, 0.1) is 5.41 Å². The fourth-order valence-electron chi connectivity index (χ4n) is 6.82. The number of pyridine rings is 1. The van der Waals surface area contributed by atoms with Crippen LogP contribution in [0.3, 0.4) is 0 Å². The zero-order valence-corrected chi connectivity index (χ0v) is 27.2. The van der Waals surface area contributed by atoms with Crippen molar-refractivity contribution >= 4 is 35.2 Å². The van der Waals surface area contributed by atoms with Crippen molar-refractivity contribution in [3.63, 3.8) is 0 Å². The lowest BCUT2D eigenvalue weighted by Gasteiger charge is -2.26. The van der Waals surface area contributed by atoms with E-state index >= 15 is 0 Å². The third-order valence-electron chi connectivity index (χ3n) is 9.65. The Morgan fingerprint density at radius 2 is 1.62 bits per heavy atom. The number of rotatable bonds is 11. The monoisotopic (exact) mass is 639 g/mol. The summed E-state index contributed by atoms with van der Waals surface area (Å²) in [6.07, 6.45) is 9.50. The predicted molar refractivity (Wildman–Crippen MR) is 179 cm³/mol. The van der Waals surface area contributed by atoms with Gasteiger partial charge < -0.3 is 29.2 Å². The molecule has 0 unspecified atom stereocenters. The van der Waals surface area contributed by atoms with E-state index < -0.39 is 0 Å². The second kappa shape index (κ2) is 12.8. The summed E-state index contributed by atoms with van der Waals surface area (Å²) in [6, 6.07) is 12.7. The first kappa shape index (κ1) is 30.8. The Labute approximate surface area is 274 Å². The van der Waals surface area contributed by atoms with Gasteiger partial charge in [0.1, 0.15) is 5.82 Å². The molecule has 11 nitrogen and oxygen atoms in total. The lowest BCUT2D eigenvalue weighted by atomic mass is 10.0. The number of amides is 2. The maximum Gasteiger partial charge on any atom is 0.261 e. The first-order valence-corrected chi connectivity index (χ1v) is 16.4. The summed E-state index contributed by atoms with van der Waals surface area (Å²) in [5.74, 6) is 2.69. The summed E-state index contributed by atoms with van der Waals surface area (Å²) in [7, 11) is 3.16. The number of aliphatic imine (C=N–C) groups is 1. The van der Waals surface area contributed by atoms with Crippen molar-refractivity contribution < 1.29 is 28.5 Å². The SMILES string of the molecule is COc1cc2c(cc1OCCCCCOc1cc3c(cc1OC)C(=O)N(c1ccccn1)[C@@H](C)CN3)N=C[C@@H]1CC3(CC3)CN1C2=O. The van der Waals surface area contributed by atoms with Crippen LogP contribution in [0.4, 0.5) is 17.2 Å². The van der Waals surface area contributed by atoms with Crippen LogP contribution in [0.15, 0.2) is 53.7 Å². The molecule has 47 heavy (non-hydrogen) atoms. The van der Waals surface area contributed by atoms with E-state index in [9.17, 15) is 9.59 Å². The highest BCUT2D eigenvalue weighted by molar-refractivity contribution is 6.10. The van der Waals surface area contributed by atoms with E-state index in [1.165, 1.54) is 12.8 Å². The largest absolute Gasteiger partial charge is 0.493 e. The van der Waals surface area contributed by atoms with E-state index in [4.69, 9.17) is 23.9 Å². The van der Waals surface area contributed by atoms with E-state index in [0.29, 0.717) is 76.5 Å². The zero-order chi connectivity index (χ0) is 32.5. The van der Waals surface area contributed by atoms with E-state index in [2.05, 4.69) is 10.3 Å². The maximum absolute atomic E-state index is 13.6. The first-order valence-electron chi connectivity index (χ1n) is 16.4. The van der Waals surface area contributed by atoms with Crippen LogP contribution in [0.25, 0.3) is 0 Å². The number of benzene rings is 2. The minimum Gasteiger partial charge on any atom is -0.493 e. The van der Waals surface area contributed by atoms with Crippen molar-refractivity contribution in [3.05, 3.63) is 59.8 Å². The Kier molecular flexibility index (Phi) is 8.38. The molecule has 3 aromatic rings. The quantitative estimate of drug-likeness (QED) is 0.258. The van der Waals surface area contributed by atoms with E-state index in [1.807, 2.05) is 48.4 Å². The molecular formula is C36H41N5O6. The van der Waals surface area contributed by atoms with Gasteiger partial charge in [-0.3, -0.25) is 19.5 Å². The number of nitrogens with one attached hydrogen (secondary N) is 1. The number of fused-ring (bicyclic) bond motifs is 3. The number of hydrogen-bond acceptors (Lipinski definition) is 9. The van der Waals surface area contributed by atoms with Gasteiger partial charge in [0.2, 0.25) is 0 Å². The maximum atomic E-state index is 13.6. The third kappa shape index (κ3) is 6.06. The number of hydrogen-bond donors (Lipinski definition) is 1. The van der Waals surface area contributed by atoms with Crippen LogP contribution < -0.4 is 29.2 Å². The Balaban J connectivity index is 0.930. The van der Waals surface area contributed by atoms with Crippen molar-refractivity contribution in [2.75, 3.05) is 50.7 Å². The number of methoxy groups -OCH3 is 2. The number of carbonyl (C=O) groups is 2. The smallest absolute Gasteiger partial charge is 0.261 e. The van der Waals surface area contributed by atoms with Gasteiger partial charge in [-0.05, 0) is 75.1 Å². The Morgan fingerprint density at radius 1 is 0.894 bits per heavy atom. The molecule has 1 saturated heterocycles. The van der Waals surface area contributed by atoms with Gasteiger partial charge in [0.25, 0.3) is 11.8 Å². The van der Waals surface area contributed by atoms with Crippen molar-refractivity contribution in [2.45, 2.75) is 57.5 Å². The third-order valence-corrected chi connectivity index (χ3v) is 9.65. The zero-order valence-electron chi connectivity index (χ0n) is 27.2. The van der Waals surface area contributed by atoms with Crippen molar-refractivity contribution in [2.24, 2.45) is 10.4 Å². The van der Waals surface area contributed by atoms with Crippen LogP contribution in [0.5, 0.6) is 23.0 Å². The summed E-state index contributed by atoms with van der Waals surface area (Å²) in [6.45, 7) is 4.35. The number of unbranched alkanes of at least 4 members (excludes halogenated alkanes) is 2. The predicted octanol–water partition coefficient (Wildman–Crippen LogP) is 5.90. The van der Waals surface area contributed by atoms with Crippen molar-refractivity contribution in [1.29, 1.82) is 0 Å². The van der Waals surface area contributed by atoms with E-state index in [0.717, 1.165) is 32.2 Å². The van der Waals surface area contributed by atoms with Gasteiger partial charge in [0.15, 0.2) is 23.0 Å². The van der Waals surface area contributed by atoms with Gasteiger partial charge >= 0.3 is 0 Å². The molecule has 4 heterocycles. The topological polar surface area (TPSA) is 115 Å². The lowest BCUT2D eigenvalue weighted by molar-refractivity contribution is 0.0767. The van der Waals surface area contributed by atoms with Crippen LogP contribution in [-0.2, 0) is 0 Å². The molecular weight excluding hydrogens is 598 g/mol. The minimum atomic E-state index is -0.141.